The normalized spacial score (nSPS) is 19.9. The Labute approximate surface area is 81.2 Å². The summed E-state index contributed by atoms with van der Waals surface area (Å²) in [7, 11) is 0. The van der Waals surface area contributed by atoms with Crippen molar-refractivity contribution in [2.75, 3.05) is 18.4 Å². The van der Waals surface area contributed by atoms with Crippen LogP contribution in [0.2, 0.25) is 0 Å². The number of carbonyl (C=O) groups is 1. The van der Waals surface area contributed by atoms with Crippen molar-refractivity contribution in [3.8, 4) is 0 Å². The molecule has 0 spiro atoms. The highest BCUT2D eigenvalue weighted by Crippen LogP contribution is 2.20. The highest BCUT2D eigenvalue weighted by atomic mass is 16.1. The standard InChI is InChI=1S/C8H13N5O/c9-1-5-2-11-8-6(7(10)14)3-12-13(8)4-5/h3,5,11H,1-2,4,9H2,(H2,10,14). The molecule has 0 aliphatic carbocycles. The second kappa shape index (κ2) is 3.30. The van der Waals surface area contributed by atoms with Crippen LogP contribution in [0.4, 0.5) is 5.82 Å². The van der Waals surface area contributed by atoms with Crippen molar-refractivity contribution >= 4 is 11.7 Å². The Hall–Kier alpha value is -1.56. The zero-order valence-electron chi connectivity index (χ0n) is 7.73. The number of hydrogen-bond donors (Lipinski definition) is 3. The Morgan fingerprint density at radius 3 is 3.21 bits per heavy atom. The van der Waals surface area contributed by atoms with Gasteiger partial charge in [0.2, 0.25) is 0 Å². The second-order valence-electron chi connectivity index (χ2n) is 3.44. The first-order valence-corrected chi connectivity index (χ1v) is 4.52. The summed E-state index contributed by atoms with van der Waals surface area (Å²) in [4.78, 5) is 11.0. The number of nitrogens with two attached hydrogens (primary N) is 2. The number of primary amides is 1. The first-order chi connectivity index (χ1) is 6.72. The van der Waals surface area contributed by atoms with Crippen molar-refractivity contribution in [2.45, 2.75) is 6.54 Å². The van der Waals surface area contributed by atoms with E-state index in [-0.39, 0.29) is 0 Å². The molecule has 6 heteroatoms. The van der Waals surface area contributed by atoms with E-state index in [1.807, 2.05) is 0 Å². The Morgan fingerprint density at radius 1 is 1.79 bits per heavy atom. The lowest BCUT2D eigenvalue weighted by atomic mass is 10.1. The van der Waals surface area contributed by atoms with Gasteiger partial charge in [0.05, 0.1) is 6.20 Å². The third-order valence-corrected chi connectivity index (χ3v) is 2.43. The lowest BCUT2D eigenvalue weighted by Crippen LogP contribution is -2.33. The molecule has 1 unspecified atom stereocenters. The van der Waals surface area contributed by atoms with Gasteiger partial charge in [-0.1, -0.05) is 0 Å². The number of hydrogen-bond acceptors (Lipinski definition) is 4. The summed E-state index contributed by atoms with van der Waals surface area (Å²) in [6.07, 6.45) is 1.49. The van der Waals surface area contributed by atoms with Gasteiger partial charge in [-0.3, -0.25) is 4.79 Å². The second-order valence-corrected chi connectivity index (χ2v) is 3.44. The zero-order valence-corrected chi connectivity index (χ0v) is 7.73. The molecule has 2 rings (SSSR count). The van der Waals surface area contributed by atoms with Crippen molar-refractivity contribution in [3.63, 3.8) is 0 Å². The van der Waals surface area contributed by atoms with Gasteiger partial charge in [-0.15, -0.1) is 0 Å². The maximum absolute atomic E-state index is 11.0. The van der Waals surface area contributed by atoms with Crippen molar-refractivity contribution in [2.24, 2.45) is 17.4 Å². The third-order valence-electron chi connectivity index (χ3n) is 2.43. The number of fused-ring (bicyclic) bond motifs is 1. The smallest absolute Gasteiger partial charge is 0.254 e. The molecular formula is C8H13N5O. The van der Waals surface area contributed by atoms with Crippen molar-refractivity contribution < 1.29 is 4.79 Å². The molecule has 0 bridgehead atoms. The van der Waals surface area contributed by atoms with E-state index in [9.17, 15) is 4.79 Å². The molecule has 0 saturated carbocycles. The van der Waals surface area contributed by atoms with Gasteiger partial charge >= 0.3 is 0 Å². The van der Waals surface area contributed by atoms with Crippen LogP contribution in [0.3, 0.4) is 0 Å². The van der Waals surface area contributed by atoms with Gasteiger partial charge in [-0.25, -0.2) is 4.68 Å². The average Bonchev–Trinajstić information content (AvgIpc) is 2.59. The van der Waals surface area contributed by atoms with Gasteiger partial charge in [0.25, 0.3) is 5.91 Å². The van der Waals surface area contributed by atoms with E-state index in [2.05, 4.69) is 10.4 Å². The molecule has 0 saturated heterocycles. The van der Waals surface area contributed by atoms with Crippen LogP contribution in [0.1, 0.15) is 10.4 Å². The monoisotopic (exact) mass is 195 g/mol. The summed E-state index contributed by atoms with van der Waals surface area (Å²) in [5.41, 5.74) is 11.2. The van der Waals surface area contributed by atoms with Gasteiger partial charge in [-0.05, 0) is 6.54 Å². The van der Waals surface area contributed by atoms with Crippen LogP contribution in [-0.4, -0.2) is 28.8 Å². The van der Waals surface area contributed by atoms with E-state index in [0.717, 1.165) is 13.1 Å². The molecule has 5 N–H and O–H groups in total. The fraction of sp³-hybridized carbons (Fsp3) is 0.500. The summed E-state index contributed by atoms with van der Waals surface area (Å²) in [6.45, 7) is 2.12. The molecule has 0 fully saturated rings. The lowest BCUT2D eigenvalue weighted by molar-refractivity contribution is 0.100. The Balaban J connectivity index is 2.29. The molecule has 6 nitrogen and oxygen atoms in total. The lowest BCUT2D eigenvalue weighted by Gasteiger charge is -2.24. The minimum absolute atomic E-state index is 0.364. The van der Waals surface area contributed by atoms with Gasteiger partial charge in [0.1, 0.15) is 11.4 Å². The molecule has 0 aromatic carbocycles. The number of nitrogens with zero attached hydrogens (tertiary/aromatic N) is 2. The van der Waals surface area contributed by atoms with Gasteiger partial charge in [-0.2, -0.15) is 5.10 Å². The van der Waals surface area contributed by atoms with Crippen molar-refractivity contribution in [1.82, 2.24) is 9.78 Å². The molecule has 14 heavy (non-hydrogen) atoms. The van der Waals surface area contributed by atoms with Gasteiger partial charge < -0.3 is 16.8 Å². The van der Waals surface area contributed by atoms with E-state index in [1.54, 1.807) is 4.68 Å². The summed E-state index contributed by atoms with van der Waals surface area (Å²) >= 11 is 0. The van der Waals surface area contributed by atoms with Gasteiger partial charge in [0, 0.05) is 19.0 Å². The molecule has 76 valence electrons. The fourth-order valence-electron chi connectivity index (χ4n) is 1.60. The molecular weight excluding hydrogens is 182 g/mol. The van der Waals surface area contributed by atoms with E-state index < -0.39 is 5.91 Å². The predicted octanol–water partition coefficient (Wildman–Crippen LogP) is -1.02. The van der Waals surface area contributed by atoms with E-state index in [1.165, 1.54) is 6.20 Å². The largest absolute Gasteiger partial charge is 0.369 e. The van der Waals surface area contributed by atoms with Crippen LogP contribution in [0.15, 0.2) is 6.20 Å². The number of nitrogens with one attached hydrogen (secondary N) is 1. The maximum Gasteiger partial charge on any atom is 0.254 e. The molecule has 1 aromatic rings. The fourth-order valence-corrected chi connectivity index (χ4v) is 1.60. The summed E-state index contributed by atoms with van der Waals surface area (Å²) in [5, 5.41) is 7.19. The number of rotatable bonds is 2. The zero-order chi connectivity index (χ0) is 10.1. The minimum atomic E-state index is -0.454. The van der Waals surface area contributed by atoms with E-state index >= 15 is 0 Å². The van der Waals surface area contributed by atoms with Crippen LogP contribution in [0.5, 0.6) is 0 Å². The molecule has 1 aliphatic rings. The molecule has 0 radical (unpaired) electrons. The highest BCUT2D eigenvalue weighted by Gasteiger charge is 2.22. The topological polar surface area (TPSA) is 99.0 Å². The number of anilines is 1. The molecule has 1 aliphatic heterocycles. The summed E-state index contributed by atoms with van der Waals surface area (Å²) in [5.74, 6) is 0.621. The van der Waals surface area contributed by atoms with E-state index in [0.29, 0.717) is 23.8 Å². The molecule has 1 aromatic heterocycles. The number of aromatic nitrogens is 2. The Kier molecular flexibility index (Phi) is 2.12. The third kappa shape index (κ3) is 1.33. The van der Waals surface area contributed by atoms with Crippen molar-refractivity contribution in [3.05, 3.63) is 11.8 Å². The maximum atomic E-state index is 11.0. The number of amides is 1. The van der Waals surface area contributed by atoms with Crippen LogP contribution < -0.4 is 16.8 Å². The SMILES string of the molecule is NCC1CNc2c(C(N)=O)cnn2C1. The van der Waals surface area contributed by atoms with Crippen LogP contribution in [-0.2, 0) is 6.54 Å². The predicted molar refractivity (Wildman–Crippen MR) is 51.8 cm³/mol. The molecule has 1 atom stereocenters. The van der Waals surface area contributed by atoms with Crippen LogP contribution >= 0.6 is 0 Å². The number of carbonyl (C=O) groups excluding carboxylic acids is 1. The molecule has 2 heterocycles. The first kappa shape index (κ1) is 9.01. The minimum Gasteiger partial charge on any atom is -0.369 e. The average molecular weight is 195 g/mol. The Bertz CT molecular complexity index is 359. The van der Waals surface area contributed by atoms with Crippen LogP contribution in [0.25, 0.3) is 0 Å². The van der Waals surface area contributed by atoms with Gasteiger partial charge in [0.15, 0.2) is 0 Å². The highest BCUT2D eigenvalue weighted by molar-refractivity contribution is 5.97. The van der Waals surface area contributed by atoms with E-state index in [4.69, 9.17) is 11.5 Å². The first-order valence-electron chi connectivity index (χ1n) is 4.52. The summed E-state index contributed by atoms with van der Waals surface area (Å²) in [6, 6.07) is 0. The Morgan fingerprint density at radius 2 is 2.57 bits per heavy atom. The molecule has 1 amide bonds. The quantitative estimate of drug-likeness (QED) is 0.562. The van der Waals surface area contributed by atoms with Crippen LogP contribution in [0, 0.1) is 5.92 Å². The van der Waals surface area contributed by atoms with Crippen molar-refractivity contribution in [1.29, 1.82) is 0 Å². The summed E-state index contributed by atoms with van der Waals surface area (Å²) < 4.78 is 1.74.